The lowest BCUT2D eigenvalue weighted by molar-refractivity contribution is 0.0733. The Morgan fingerprint density at radius 3 is 2.90 bits per heavy atom. The quantitative estimate of drug-likeness (QED) is 0.855. The third-order valence-electron chi connectivity index (χ3n) is 3.27. The molecule has 1 aliphatic rings. The molecular formula is C15H15N3O2. The molecule has 0 fully saturated rings. The first-order valence-electron chi connectivity index (χ1n) is 6.45. The fraction of sp³-hybridized carbons (Fsp3) is 0.200. The van der Waals surface area contributed by atoms with E-state index in [1.165, 1.54) is 6.20 Å². The van der Waals surface area contributed by atoms with Crippen molar-refractivity contribution in [1.29, 1.82) is 0 Å². The van der Waals surface area contributed by atoms with Gasteiger partial charge in [0.2, 0.25) is 0 Å². The summed E-state index contributed by atoms with van der Waals surface area (Å²) in [4.78, 5) is 18.2. The maximum absolute atomic E-state index is 12.5. The Bertz CT molecular complexity index is 625. The number of nitrogens with two attached hydrogens (primary N) is 1. The van der Waals surface area contributed by atoms with Gasteiger partial charge in [-0.15, -0.1) is 0 Å². The Kier molecular flexibility index (Phi) is 3.25. The lowest BCUT2D eigenvalue weighted by Crippen LogP contribution is -2.32. The van der Waals surface area contributed by atoms with E-state index in [4.69, 9.17) is 10.5 Å². The van der Waals surface area contributed by atoms with Gasteiger partial charge in [-0.25, -0.2) is 4.98 Å². The fourth-order valence-electron chi connectivity index (χ4n) is 2.21. The Balaban J connectivity index is 1.84. The molecule has 2 aromatic rings. The van der Waals surface area contributed by atoms with Crippen LogP contribution in [0.15, 0.2) is 42.6 Å². The zero-order valence-corrected chi connectivity index (χ0v) is 11.0. The Morgan fingerprint density at radius 2 is 2.10 bits per heavy atom. The number of fused-ring (bicyclic) bond motifs is 1. The smallest absolute Gasteiger partial charge is 0.255 e. The molecule has 0 aliphatic carbocycles. The maximum atomic E-state index is 12.5. The molecular weight excluding hydrogens is 254 g/mol. The molecule has 0 saturated carbocycles. The van der Waals surface area contributed by atoms with Crippen molar-refractivity contribution in [3.05, 3.63) is 53.7 Å². The van der Waals surface area contributed by atoms with Crippen LogP contribution in [-0.4, -0.2) is 28.9 Å². The van der Waals surface area contributed by atoms with Crippen LogP contribution in [0.1, 0.15) is 15.9 Å². The van der Waals surface area contributed by atoms with Crippen molar-refractivity contribution in [3.63, 3.8) is 0 Å². The SMILES string of the molecule is Nc1ccc(C(=O)N2CCOc3ccccc3C2)cn1. The molecule has 5 nitrogen and oxygen atoms in total. The lowest BCUT2D eigenvalue weighted by Gasteiger charge is -2.19. The summed E-state index contributed by atoms with van der Waals surface area (Å²) in [6, 6.07) is 11.1. The zero-order chi connectivity index (χ0) is 13.9. The van der Waals surface area contributed by atoms with Gasteiger partial charge in [0.05, 0.1) is 12.1 Å². The van der Waals surface area contributed by atoms with Crippen LogP contribution in [-0.2, 0) is 6.54 Å². The van der Waals surface area contributed by atoms with E-state index in [9.17, 15) is 4.79 Å². The normalized spacial score (nSPS) is 14.1. The number of hydrogen-bond acceptors (Lipinski definition) is 4. The van der Waals surface area contributed by atoms with E-state index < -0.39 is 0 Å². The number of hydrogen-bond donors (Lipinski definition) is 1. The van der Waals surface area contributed by atoms with Crippen LogP contribution in [0.3, 0.4) is 0 Å². The van der Waals surface area contributed by atoms with Gasteiger partial charge in [-0.3, -0.25) is 4.79 Å². The van der Waals surface area contributed by atoms with Gasteiger partial charge in [0.15, 0.2) is 0 Å². The van der Waals surface area contributed by atoms with Gasteiger partial charge >= 0.3 is 0 Å². The number of ether oxygens (including phenoxy) is 1. The van der Waals surface area contributed by atoms with Crippen LogP contribution < -0.4 is 10.5 Å². The van der Waals surface area contributed by atoms with Gasteiger partial charge in [0.25, 0.3) is 5.91 Å². The molecule has 20 heavy (non-hydrogen) atoms. The minimum absolute atomic E-state index is 0.0576. The highest BCUT2D eigenvalue weighted by molar-refractivity contribution is 5.94. The standard InChI is InChI=1S/C15H15N3O2/c16-14-6-5-11(9-17-14)15(19)18-7-8-20-13-4-2-1-3-12(13)10-18/h1-6,9H,7-8,10H2,(H2,16,17). The molecule has 0 spiro atoms. The Morgan fingerprint density at radius 1 is 1.25 bits per heavy atom. The van der Waals surface area contributed by atoms with Gasteiger partial charge < -0.3 is 15.4 Å². The van der Waals surface area contributed by atoms with Crippen molar-refractivity contribution >= 4 is 11.7 Å². The van der Waals surface area contributed by atoms with Gasteiger partial charge in [-0.1, -0.05) is 18.2 Å². The van der Waals surface area contributed by atoms with Crippen molar-refractivity contribution in [2.45, 2.75) is 6.54 Å². The number of aromatic nitrogens is 1. The number of amides is 1. The average Bonchev–Trinajstić information content (AvgIpc) is 2.69. The van der Waals surface area contributed by atoms with E-state index in [0.29, 0.717) is 31.1 Å². The number of nitrogen functional groups attached to an aromatic ring is 1. The first-order valence-corrected chi connectivity index (χ1v) is 6.45. The number of benzene rings is 1. The minimum Gasteiger partial charge on any atom is -0.491 e. The maximum Gasteiger partial charge on any atom is 0.255 e. The van der Waals surface area contributed by atoms with Gasteiger partial charge in [0, 0.05) is 18.3 Å². The van der Waals surface area contributed by atoms with E-state index in [0.717, 1.165) is 11.3 Å². The van der Waals surface area contributed by atoms with Gasteiger partial charge in [-0.05, 0) is 18.2 Å². The summed E-state index contributed by atoms with van der Waals surface area (Å²) >= 11 is 0. The summed E-state index contributed by atoms with van der Waals surface area (Å²) in [5.74, 6) is 1.20. The summed E-state index contributed by atoms with van der Waals surface area (Å²) in [5.41, 5.74) is 7.09. The van der Waals surface area contributed by atoms with Gasteiger partial charge in [0.1, 0.15) is 18.2 Å². The molecule has 0 bridgehead atoms. The molecule has 0 atom stereocenters. The van der Waals surface area contributed by atoms with Crippen LogP contribution >= 0.6 is 0 Å². The highest BCUT2D eigenvalue weighted by Gasteiger charge is 2.20. The van der Waals surface area contributed by atoms with E-state index in [-0.39, 0.29) is 5.91 Å². The summed E-state index contributed by atoms with van der Waals surface area (Å²) in [6.45, 7) is 1.59. The molecule has 2 heterocycles. The number of carbonyl (C=O) groups excluding carboxylic acids is 1. The number of rotatable bonds is 1. The molecule has 0 unspecified atom stereocenters. The van der Waals surface area contributed by atoms with Crippen LogP contribution in [0.2, 0.25) is 0 Å². The van der Waals surface area contributed by atoms with Crippen molar-refractivity contribution in [2.24, 2.45) is 0 Å². The number of carbonyl (C=O) groups is 1. The second kappa shape index (κ2) is 5.21. The van der Waals surface area contributed by atoms with Crippen LogP contribution in [0, 0.1) is 0 Å². The third kappa shape index (κ3) is 2.42. The minimum atomic E-state index is -0.0576. The highest BCUT2D eigenvalue weighted by Crippen LogP contribution is 2.23. The Labute approximate surface area is 117 Å². The van der Waals surface area contributed by atoms with Gasteiger partial charge in [-0.2, -0.15) is 0 Å². The number of pyridine rings is 1. The highest BCUT2D eigenvalue weighted by atomic mass is 16.5. The molecule has 5 heteroatoms. The van der Waals surface area contributed by atoms with Crippen LogP contribution in [0.5, 0.6) is 5.75 Å². The van der Waals surface area contributed by atoms with Crippen molar-refractivity contribution < 1.29 is 9.53 Å². The first-order chi connectivity index (χ1) is 9.74. The molecule has 0 saturated heterocycles. The first kappa shape index (κ1) is 12.5. The molecule has 102 valence electrons. The van der Waals surface area contributed by atoms with E-state index in [2.05, 4.69) is 4.98 Å². The van der Waals surface area contributed by atoms with Crippen molar-refractivity contribution in [1.82, 2.24) is 9.88 Å². The summed E-state index contributed by atoms with van der Waals surface area (Å²) in [5, 5.41) is 0. The fourth-order valence-corrected chi connectivity index (χ4v) is 2.21. The molecule has 2 N–H and O–H groups in total. The number of anilines is 1. The summed E-state index contributed by atoms with van der Waals surface area (Å²) in [7, 11) is 0. The van der Waals surface area contributed by atoms with Crippen molar-refractivity contribution in [2.75, 3.05) is 18.9 Å². The largest absolute Gasteiger partial charge is 0.491 e. The second-order valence-corrected chi connectivity index (χ2v) is 4.65. The average molecular weight is 269 g/mol. The molecule has 0 radical (unpaired) electrons. The zero-order valence-electron chi connectivity index (χ0n) is 11.0. The molecule has 1 aromatic carbocycles. The molecule has 1 amide bonds. The van der Waals surface area contributed by atoms with Crippen molar-refractivity contribution in [3.8, 4) is 5.75 Å². The lowest BCUT2D eigenvalue weighted by atomic mass is 10.1. The van der Waals surface area contributed by atoms with Crippen LogP contribution in [0.4, 0.5) is 5.82 Å². The van der Waals surface area contributed by atoms with E-state index in [1.807, 2.05) is 24.3 Å². The molecule has 1 aliphatic heterocycles. The predicted molar refractivity (Wildman–Crippen MR) is 75.3 cm³/mol. The summed E-state index contributed by atoms with van der Waals surface area (Å²) < 4.78 is 5.65. The van der Waals surface area contributed by atoms with Crippen LogP contribution in [0.25, 0.3) is 0 Å². The topological polar surface area (TPSA) is 68.5 Å². The molecule has 1 aromatic heterocycles. The predicted octanol–water partition coefficient (Wildman–Crippen LogP) is 1.70. The third-order valence-corrected chi connectivity index (χ3v) is 3.27. The summed E-state index contributed by atoms with van der Waals surface area (Å²) in [6.07, 6.45) is 1.51. The second-order valence-electron chi connectivity index (χ2n) is 4.65. The monoisotopic (exact) mass is 269 g/mol. The molecule has 3 rings (SSSR count). The Hall–Kier alpha value is -2.56. The number of nitrogens with zero attached hydrogens (tertiary/aromatic N) is 2. The number of para-hydroxylation sites is 1. The van der Waals surface area contributed by atoms with E-state index >= 15 is 0 Å². The van der Waals surface area contributed by atoms with E-state index in [1.54, 1.807) is 17.0 Å².